The van der Waals surface area contributed by atoms with E-state index in [2.05, 4.69) is 39.4 Å². The molecular weight excluding hydrogens is 488 g/mol. The summed E-state index contributed by atoms with van der Waals surface area (Å²) >= 11 is 4.31. The van der Waals surface area contributed by atoms with E-state index in [1.54, 1.807) is 32.4 Å². The molecule has 0 saturated carbocycles. The highest BCUT2D eigenvalue weighted by Gasteiger charge is 2.25. The lowest BCUT2D eigenvalue weighted by atomic mass is 9.88. The van der Waals surface area contributed by atoms with E-state index in [0.717, 1.165) is 24.2 Å². The van der Waals surface area contributed by atoms with Crippen molar-refractivity contribution < 1.29 is 9.59 Å². The zero-order chi connectivity index (χ0) is 24.4. The lowest BCUT2D eigenvalue weighted by Gasteiger charge is -2.19. The van der Waals surface area contributed by atoms with Crippen molar-refractivity contribution >= 4 is 51.4 Å². The number of anilines is 1. The molecule has 0 spiro atoms. The highest BCUT2D eigenvalue weighted by Crippen LogP contribution is 2.38. The number of amides is 2. The predicted molar refractivity (Wildman–Crippen MR) is 139 cm³/mol. The Labute approximate surface area is 211 Å². The Balaban J connectivity index is 1.46. The van der Waals surface area contributed by atoms with Crippen LogP contribution in [0.15, 0.2) is 23.2 Å². The van der Waals surface area contributed by atoms with Crippen LogP contribution in [0, 0.1) is 12.8 Å². The second-order valence-corrected chi connectivity index (χ2v) is 11.5. The van der Waals surface area contributed by atoms with Crippen molar-refractivity contribution in [3.8, 4) is 11.4 Å². The summed E-state index contributed by atoms with van der Waals surface area (Å²) in [6, 6.07) is 0. The quantitative estimate of drug-likeness (QED) is 0.350. The fraction of sp³-hybridized carbons (Fsp3) is 0.435. The van der Waals surface area contributed by atoms with Gasteiger partial charge in [-0.15, -0.1) is 28.1 Å². The number of rotatable bonds is 8. The van der Waals surface area contributed by atoms with Crippen molar-refractivity contribution in [2.45, 2.75) is 44.8 Å². The summed E-state index contributed by atoms with van der Waals surface area (Å²) in [4.78, 5) is 32.6. The van der Waals surface area contributed by atoms with Crippen LogP contribution in [0.3, 0.4) is 0 Å². The molecule has 2 amide bonds. The van der Waals surface area contributed by atoms with E-state index in [1.807, 2.05) is 10.6 Å². The molecule has 0 saturated heterocycles. The molecule has 3 heterocycles. The molecule has 0 fully saturated rings. The molecule has 4 rings (SSSR count). The van der Waals surface area contributed by atoms with Gasteiger partial charge in [-0.3, -0.25) is 14.2 Å². The fourth-order valence-electron chi connectivity index (χ4n) is 3.89. The average molecular weight is 517 g/mol. The van der Waals surface area contributed by atoms with Gasteiger partial charge in [0.15, 0.2) is 16.1 Å². The third-order valence-corrected chi connectivity index (χ3v) is 8.73. The van der Waals surface area contributed by atoms with Crippen LogP contribution in [0.4, 0.5) is 5.13 Å². The number of thiazole rings is 1. The monoisotopic (exact) mass is 516 g/mol. The number of hydrogen-bond donors (Lipinski definition) is 1. The molecule has 180 valence electrons. The highest BCUT2D eigenvalue weighted by atomic mass is 32.2. The van der Waals surface area contributed by atoms with Crippen molar-refractivity contribution in [2.24, 2.45) is 5.92 Å². The van der Waals surface area contributed by atoms with Gasteiger partial charge in [0, 0.05) is 36.5 Å². The number of thioether (sulfide) groups is 1. The second kappa shape index (κ2) is 10.4. The Kier molecular flexibility index (Phi) is 7.54. The first-order valence-corrected chi connectivity index (χ1v) is 13.7. The maximum atomic E-state index is 12.6. The molecule has 1 aliphatic carbocycles. The van der Waals surface area contributed by atoms with Crippen LogP contribution in [0.1, 0.15) is 39.2 Å². The average Bonchev–Trinajstić information content (AvgIpc) is 3.48. The van der Waals surface area contributed by atoms with Gasteiger partial charge in [0.2, 0.25) is 5.91 Å². The molecule has 1 aliphatic rings. The minimum Gasteiger partial charge on any atom is -0.344 e. The molecule has 3 aromatic rings. The van der Waals surface area contributed by atoms with E-state index in [9.17, 15) is 9.59 Å². The molecule has 1 atom stereocenters. The van der Waals surface area contributed by atoms with E-state index in [4.69, 9.17) is 0 Å². The molecule has 34 heavy (non-hydrogen) atoms. The lowest BCUT2D eigenvalue weighted by Crippen LogP contribution is -2.21. The maximum absolute atomic E-state index is 12.6. The molecule has 0 bridgehead atoms. The number of carbonyl (C=O) groups is 2. The van der Waals surface area contributed by atoms with Crippen LogP contribution in [-0.4, -0.2) is 56.3 Å². The van der Waals surface area contributed by atoms with Crippen LogP contribution in [0.5, 0.6) is 0 Å². The molecule has 0 radical (unpaired) electrons. The molecule has 8 nitrogen and oxygen atoms in total. The molecule has 1 unspecified atom stereocenters. The summed E-state index contributed by atoms with van der Waals surface area (Å²) in [6.45, 7) is 8.52. The van der Waals surface area contributed by atoms with Gasteiger partial charge in [0.05, 0.1) is 11.4 Å². The van der Waals surface area contributed by atoms with E-state index >= 15 is 0 Å². The number of hydrogen-bond acceptors (Lipinski definition) is 8. The normalized spacial score (nSPS) is 15.1. The third-order valence-electron chi connectivity index (χ3n) is 5.65. The summed E-state index contributed by atoms with van der Waals surface area (Å²) in [5.74, 6) is 1.37. The van der Waals surface area contributed by atoms with Crippen molar-refractivity contribution in [3.63, 3.8) is 0 Å². The fourth-order valence-corrected chi connectivity index (χ4v) is 6.88. The number of nitrogens with one attached hydrogen (secondary N) is 1. The Bertz CT molecular complexity index is 1230. The molecule has 1 N–H and O–H groups in total. The molecular formula is C23H28N6O2S3. The smallest absolute Gasteiger partial charge is 0.265 e. The number of allylic oxidation sites excluding steroid dienone is 1. The first-order valence-electron chi connectivity index (χ1n) is 11.0. The molecule has 0 aromatic carbocycles. The first-order chi connectivity index (χ1) is 16.3. The summed E-state index contributed by atoms with van der Waals surface area (Å²) < 4.78 is 2.02. The third kappa shape index (κ3) is 5.11. The minimum atomic E-state index is -0.209. The van der Waals surface area contributed by atoms with E-state index in [0.29, 0.717) is 33.3 Å². The van der Waals surface area contributed by atoms with Gasteiger partial charge in [-0.1, -0.05) is 36.1 Å². The van der Waals surface area contributed by atoms with Gasteiger partial charge >= 0.3 is 0 Å². The van der Waals surface area contributed by atoms with Gasteiger partial charge in [-0.2, -0.15) is 0 Å². The predicted octanol–water partition coefficient (Wildman–Crippen LogP) is 4.51. The maximum Gasteiger partial charge on any atom is 0.265 e. The number of aromatic nitrogens is 4. The first kappa shape index (κ1) is 24.6. The summed E-state index contributed by atoms with van der Waals surface area (Å²) in [5, 5.41) is 14.9. The van der Waals surface area contributed by atoms with Gasteiger partial charge in [0.1, 0.15) is 4.88 Å². The minimum absolute atomic E-state index is 0.125. The Morgan fingerprint density at radius 3 is 2.91 bits per heavy atom. The van der Waals surface area contributed by atoms with Crippen LogP contribution < -0.4 is 5.32 Å². The number of carbonyl (C=O) groups excluding carboxylic acids is 2. The Morgan fingerprint density at radius 2 is 2.18 bits per heavy atom. The highest BCUT2D eigenvalue weighted by molar-refractivity contribution is 7.99. The summed E-state index contributed by atoms with van der Waals surface area (Å²) in [5.41, 5.74) is 3.14. The topological polar surface area (TPSA) is 93.0 Å². The van der Waals surface area contributed by atoms with E-state index < -0.39 is 0 Å². The largest absolute Gasteiger partial charge is 0.344 e. The van der Waals surface area contributed by atoms with Crippen LogP contribution >= 0.6 is 34.4 Å². The summed E-state index contributed by atoms with van der Waals surface area (Å²) in [7, 11) is 3.38. The Morgan fingerprint density at radius 1 is 1.38 bits per heavy atom. The van der Waals surface area contributed by atoms with Crippen molar-refractivity contribution in [1.82, 2.24) is 24.6 Å². The van der Waals surface area contributed by atoms with E-state index in [-0.39, 0.29) is 17.6 Å². The number of nitrogens with zero attached hydrogens (tertiary/aromatic N) is 5. The van der Waals surface area contributed by atoms with Crippen LogP contribution in [0.2, 0.25) is 0 Å². The standard InChI is InChI=1S/C23H28N6O2S3/c1-6-9-29-20(16-11-32-17-10-13(2)7-8-15(16)17)26-27-23(29)33-12-18(30)25-22-24-14(3)19(34-22)21(31)28(4)5/h6,11,13H,1,7-10,12H2,2-5H3,(H,24,25,30). The van der Waals surface area contributed by atoms with Gasteiger partial charge < -0.3 is 10.2 Å². The van der Waals surface area contributed by atoms with Crippen molar-refractivity contribution in [1.29, 1.82) is 0 Å². The lowest BCUT2D eigenvalue weighted by molar-refractivity contribution is -0.113. The van der Waals surface area contributed by atoms with Crippen LogP contribution in [0.25, 0.3) is 11.4 Å². The second-order valence-electron chi connectivity index (χ2n) is 8.57. The van der Waals surface area contributed by atoms with E-state index in [1.165, 1.54) is 44.9 Å². The SMILES string of the molecule is C=CCn1c(SCC(=O)Nc2nc(C)c(C(=O)N(C)C)s2)nnc1-c1csc2c1CCC(C)C2. The number of thiophene rings is 1. The molecule has 0 aliphatic heterocycles. The van der Waals surface area contributed by atoms with Crippen molar-refractivity contribution in [3.05, 3.63) is 39.0 Å². The summed E-state index contributed by atoms with van der Waals surface area (Å²) in [6.07, 6.45) is 5.19. The van der Waals surface area contributed by atoms with Crippen LogP contribution in [-0.2, 0) is 24.2 Å². The number of fused-ring (bicyclic) bond motifs is 1. The number of aryl methyl sites for hydroxylation is 1. The zero-order valence-corrected chi connectivity index (χ0v) is 22.2. The van der Waals surface area contributed by atoms with Gasteiger partial charge in [-0.05, 0) is 37.7 Å². The molecule has 3 aromatic heterocycles. The van der Waals surface area contributed by atoms with Crippen molar-refractivity contribution in [2.75, 3.05) is 25.2 Å². The zero-order valence-electron chi connectivity index (χ0n) is 19.8. The van der Waals surface area contributed by atoms with Gasteiger partial charge in [-0.25, -0.2) is 4.98 Å². The Hall–Kier alpha value is -2.50. The molecule has 11 heteroatoms. The van der Waals surface area contributed by atoms with Gasteiger partial charge in [0.25, 0.3) is 5.91 Å².